The molecule has 3 rings (SSSR count). The van der Waals surface area contributed by atoms with Crippen molar-refractivity contribution in [1.82, 2.24) is 25.0 Å². The predicted octanol–water partition coefficient (Wildman–Crippen LogP) is 2.04. The highest BCUT2D eigenvalue weighted by Gasteiger charge is 2.50. The van der Waals surface area contributed by atoms with E-state index in [2.05, 4.69) is 48.0 Å². The number of hydrogen-bond donors (Lipinski definition) is 1. The number of aromatic nitrogens is 3. The molecule has 1 saturated carbocycles. The second kappa shape index (κ2) is 5.36. The van der Waals surface area contributed by atoms with E-state index in [4.69, 9.17) is 0 Å². The monoisotopic (exact) mass is 291 g/mol. The van der Waals surface area contributed by atoms with Crippen LogP contribution in [0.4, 0.5) is 0 Å². The Kier molecular flexibility index (Phi) is 3.82. The number of rotatable bonds is 5. The zero-order valence-corrected chi connectivity index (χ0v) is 13.9. The Morgan fingerprint density at radius 1 is 1.33 bits per heavy atom. The van der Waals surface area contributed by atoms with E-state index in [1.807, 2.05) is 4.68 Å². The quantitative estimate of drug-likeness (QED) is 0.902. The molecule has 2 unspecified atom stereocenters. The van der Waals surface area contributed by atoms with Crippen LogP contribution in [-0.4, -0.2) is 43.8 Å². The molecular weight excluding hydrogens is 262 g/mol. The molecule has 2 fully saturated rings. The lowest BCUT2D eigenvalue weighted by Crippen LogP contribution is -2.68. The SMILES string of the molecule is CCn1ncnc1CN1CC(C)(CC)NCC1(C)C1CC1. The van der Waals surface area contributed by atoms with Crippen molar-refractivity contribution in [3.05, 3.63) is 12.2 Å². The van der Waals surface area contributed by atoms with Crippen LogP contribution in [-0.2, 0) is 13.1 Å². The minimum absolute atomic E-state index is 0.214. The zero-order chi connectivity index (χ0) is 15.1. The number of nitrogens with one attached hydrogen (secondary N) is 1. The summed E-state index contributed by atoms with van der Waals surface area (Å²) in [6.07, 6.45) is 5.59. The van der Waals surface area contributed by atoms with Crippen molar-refractivity contribution >= 4 is 0 Å². The Hall–Kier alpha value is -0.940. The van der Waals surface area contributed by atoms with E-state index in [1.54, 1.807) is 6.33 Å². The third-order valence-corrected chi connectivity index (χ3v) is 5.70. The topological polar surface area (TPSA) is 46.0 Å². The van der Waals surface area contributed by atoms with E-state index in [0.717, 1.165) is 44.3 Å². The second-order valence-corrected chi connectivity index (χ2v) is 7.25. The molecule has 1 aliphatic heterocycles. The van der Waals surface area contributed by atoms with Gasteiger partial charge in [-0.25, -0.2) is 9.67 Å². The van der Waals surface area contributed by atoms with Crippen LogP contribution in [0.1, 0.15) is 52.8 Å². The summed E-state index contributed by atoms with van der Waals surface area (Å²) in [7, 11) is 0. The molecule has 0 spiro atoms. The van der Waals surface area contributed by atoms with Crippen LogP contribution in [0.5, 0.6) is 0 Å². The maximum atomic E-state index is 4.49. The summed E-state index contributed by atoms with van der Waals surface area (Å²) in [6.45, 7) is 13.2. The summed E-state index contributed by atoms with van der Waals surface area (Å²) in [4.78, 5) is 7.16. The van der Waals surface area contributed by atoms with Crippen LogP contribution in [0.25, 0.3) is 0 Å². The maximum absolute atomic E-state index is 4.49. The molecule has 0 aromatic carbocycles. The highest BCUT2D eigenvalue weighted by molar-refractivity contribution is 5.08. The first-order valence-electron chi connectivity index (χ1n) is 8.37. The first-order chi connectivity index (χ1) is 10.0. The van der Waals surface area contributed by atoms with Crippen molar-refractivity contribution in [3.8, 4) is 0 Å². The van der Waals surface area contributed by atoms with Gasteiger partial charge in [0.05, 0.1) is 6.54 Å². The first-order valence-corrected chi connectivity index (χ1v) is 8.37. The molecule has 5 nitrogen and oxygen atoms in total. The van der Waals surface area contributed by atoms with Crippen LogP contribution in [0.15, 0.2) is 6.33 Å². The summed E-state index contributed by atoms with van der Waals surface area (Å²) >= 11 is 0. The Morgan fingerprint density at radius 3 is 2.71 bits per heavy atom. The van der Waals surface area contributed by atoms with Crippen LogP contribution in [0, 0.1) is 5.92 Å². The Labute approximate surface area is 128 Å². The number of aryl methyl sites for hydroxylation is 1. The lowest BCUT2D eigenvalue weighted by Gasteiger charge is -2.52. The summed E-state index contributed by atoms with van der Waals surface area (Å²) in [5.74, 6) is 1.94. The van der Waals surface area contributed by atoms with Gasteiger partial charge in [-0.2, -0.15) is 5.10 Å². The van der Waals surface area contributed by atoms with E-state index in [1.165, 1.54) is 12.8 Å². The normalized spacial score (nSPS) is 34.3. The minimum atomic E-state index is 0.214. The molecule has 21 heavy (non-hydrogen) atoms. The first kappa shape index (κ1) is 15.0. The number of piperazine rings is 1. The van der Waals surface area contributed by atoms with Gasteiger partial charge < -0.3 is 5.32 Å². The van der Waals surface area contributed by atoms with Crippen molar-refractivity contribution < 1.29 is 0 Å². The molecule has 1 aromatic heterocycles. The fourth-order valence-corrected chi connectivity index (χ4v) is 3.59. The second-order valence-electron chi connectivity index (χ2n) is 7.25. The van der Waals surface area contributed by atoms with Crippen molar-refractivity contribution in [1.29, 1.82) is 0 Å². The Bertz CT molecular complexity index is 495. The molecule has 1 saturated heterocycles. The fraction of sp³-hybridized carbons (Fsp3) is 0.875. The molecule has 0 amide bonds. The summed E-state index contributed by atoms with van der Waals surface area (Å²) in [6, 6.07) is 0. The van der Waals surface area contributed by atoms with Crippen molar-refractivity contribution in [2.24, 2.45) is 5.92 Å². The summed E-state index contributed by atoms with van der Waals surface area (Å²) < 4.78 is 2.03. The third-order valence-electron chi connectivity index (χ3n) is 5.70. The molecule has 118 valence electrons. The average molecular weight is 291 g/mol. The Balaban J connectivity index is 1.83. The van der Waals surface area contributed by atoms with Gasteiger partial charge in [-0.1, -0.05) is 6.92 Å². The molecule has 0 bridgehead atoms. The molecule has 1 aliphatic carbocycles. The third kappa shape index (κ3) is 2.73. The van der Waals surface area contributed by atoms with Gasteiger partial charge in [0, 0.05) is 30.7 Å². The van der Waals surface area contributed by atoms with Gasteiger partial charge in [-0.05, 0) is 46.0 Å². The van der Waals surface area contributed by atoms with Crippen LogP contribution < -0.4 is 5.32 Å². The van der Waals surface area contributed by atoms with Gasteiger partial charge in [0.1, 0.15) is 12.2 Å². The van der Waals surface area contributed by atoms with Crippen LogP contribution in [0.2, 0.25) is 0 Å². The molecule has 5 heteroatoms. The molecule has 2 heterocycles. The van der Waals surface area contributed by atoms with E-state index >= 15 is 0 Å². The lowest BCUT2D eigenvalue weighted by molar-refractivity contribution is -0.00395. The van der Waals surface area contributed by atoms with E-state index in [9.17, 15) is 0 Å². The van der Waals surface area contributed by atoms with Crippen molar-refractivity contribution in [2.45, 2.75) is 71.1 Å². The van der Waals surface area contributed by atoms with Gasteiger partial charge in [-0.3, -0.25) is 4.90 Å². The highest BCUT2D eigenvalue weighted by atomic mass is 15.4. The lowest BCUT2D eigenvalue weighted by atomic mass is 9.84. The fourth-order valence-electron chi connectivity index (χ4n) is 3.59. The summed E-state index contributed by atoms with van der Waals surface area (Å²) in [5, 5.41) is 8.14. The van der Waals surface area contributed by atoms with Gasteiger partial charge in [0.2, 0.25) is 0 Å². The molecule has 1 aromatic rings. The van der Waals surface area contributed by atoms with E-state index in [0.29, 0.717) is 0 Å². The minimum Gasteiger partial charge on any atom is -0.308 e. The van der Waals surface area contributed by atoms with Gasteiger partial charge >= 0.3 is 0 Å². The Morgan fingerprint density at radius 2 is 2.10 bits per heavy atom. The smallest absolute Gasteiger partial charge is 0.141 e. The van der Waals surface area contributed by atoms with Gasteiger partial charge in [0.15, 0.2) is 0 Å². The van der Waals surface area contributed by atoms with E-state index in [-0.39, 0.29) is 11.1 Å². The molecular formula is C16H29N5. The standard InChI is InChI=1S/C16H29N5/c1-5-15(3)11-20(9-14-17-12-19-21(14)6-2)16(4,10-18-15)13-7-8-13/h12-13,18H,5-11H2,1-4H3. The maximum Gasteiger partial charge on any atom is 0.141 e. The number of hydrogen-bond acceptors (Lipinski definition) is 4. The van der Waals surface area contributed by atoms with Crippen LogP contribution in [0.3, 0.4) is 0 Å². The van der Waals surface area contributed by atoms with Gasteiger partial charge in [0.25, 0.3) is 0 Å². The molecule has 2 atom stereocenters. The largest absolute Gasteiger partial charge is 0.308 e. The van der Waals surface area contributed by atoms with Crippen molar-refractivity contribution in [2.75, 3.05) is 13.1 Å². The van der Waals surface area contributed by atoms with E-state index < -0.39 is 0 Å². The average Bonchev–Trinajstić information content (AvgIpc) is 3.25. The summed E-state index contributed by atoms with van der Waals surface area (Å²) in [5.41, 5.74) is 0.477. The molecule has 2 aliphatic rings. The van der Waals surface area contributed by atoms with Crippen molar-refractivity contribution in [3.63, 3.8) is 0 Å². The zero-order valence-electron chi connectivity index (χ0n) is 13.9. The highest BCUT2D eigenvalue weighted by Crippen LogP contribution is 2.45. The van der Waals surface area contributed by atoms with Gasteiger partial charge in [-0.15, -0.1) is 0 Å². The molecule has 0 radical (unpaired) electrons. The molecule has 1 N–H and O–H groups in total. The van der Waals surface area contributed by atoms with Crippen LogP contribution >= 0.6 is 0 Å². The number of nitrogens with zero attached hydrogens (tertiary/aromatic N) is 4. The predicted molar refractivity (Wildman–Crippen MR) is 83.9 cm³/mol.